The predicted octanol–water partition coefficient (Wildman–Crippen LogP) is 3.25. The molecule has 100 valence electrons. The van der Waals surface area contributed by atoms with Crippen LogP contribution in [0.5, 0.6) is 5.75 Å². The van der Waals surface area contributed by atoms with Crippen molar-refractivity contribution in [3.63, 3.8) is 0 Å². The van der Waals surface area contributed by atoms with Crippen LogP contribution in [0.4, 0.5) is 0 Å². The highest BCUT2D eigenvalue weighted by Gasteiger charge is 2.09. The van der Waals surface area contributed by atoms with Crippen molar-refractivity contribution in [2.24, 2.45) is 0 Å². The predicted molar refractivity (Wildman–Crippen MR) is 76.3 cm³/mol. The number of hydrogen-bond donors (Lipinski definition) is 0. The fraction of sp³-hybridized carbons (Fsp3) is 0.286. The van der Waals surface area contributed by atoms with Gasteiger partial charge < -0.3 is 9.47 Å². The number of benzene rings is 1. The molecule has 19 heavy (non-hydrogen) atoms. The Balaban J connectivity index is 2.30. The summed E-state index contributed by atoms with van der Waals surface area (Å²) in [5.41, 5.74) is 1.90. The van der Waals surface area contributed by atoms with E-state index in [1.165, 1.54) is 0 Å². The smallest absolute Gasteiger partial charge is 0.344 e. The fourth-order valence-electron chi connectivity index (χ4n) is 1.79. The summed E-state index contributed by atoms with van der Waals surface area (Å²) in [7, 11) is 0. The van der Waals surface area contributed by atoms with E-state index in [1.807, 2.05) is 19.1 Å². The van der Waals surface area contributed by atoms with Gasteiger partial charge >= 0.3 is 5.97 Å². The summed E-state index contributed by atoms with van der Waals surface area (Å²) in [4.78, 5) is 15.6. The van der Waals surface area contributed by atoms with E-state index in [4.69, 9.17) is 9.47 Å². The second-order valence-corrected chi connectivity index (χ2v) is 4.90. The molecule has 0 radical (unpaired) electrons. The van der Waals surface area contributed by atoms with Gasteiger partial charge in [0.2, 0.25) is 0 Å². The molecule has 1 heterocycles. The van der Waals surface area contributed by atoms with E-state index in [2.05, 4.69) is 20.9 Å². The van der Waals surface area contributed by atoms with Gasteiger partial charge in [-0.2, -0.15) is 0 Å². The van der Waals surface area contributed by atoms with E-state index in [0.29, 0.717) is 12.4 Å². The number of ether oxygens (including phenoxy) is 2. The third-order valence-electron chi connectivity index (χ3n) is 2.55. The maximum atomic E-state index is 11.3. The standard InChI is InChI=1S/C14H14BrNO3/c1-3-18-13(17)8-19-12-4-5-16-14-10(12)6-9(2)7-11(14)15/h4-7H,3,8H2,1-2H3. The molecular weight excluding hydrogens is 310 g/mol. The lowest BCUT2D eigenvalue weighted by Gasteiger charge is -2.10. The maximum absolute atomic E-state index is 11.3. The molecule has 4 nitrogen and oxygen atoms in total. The second-order valence-electron chi connectivity index (χ2n) is 4.05. The van der Waals surface area contributed by atoms with Crippen molar-refractivity contribution < 1.29 is 14.3 Å². The van der Waals surface area contributed by atoms with Crippen LogP contribution in [0.1, 0.15) is 12.5 Å². The molecule has 0 aliphatic carbocycles. The Labute approximate surface area is 119 Å². The minimum Gasteiger partial charge on any atom is -0.481 e. The van der Waals surface area contributed by atoms with E-state index in [-0.39, 0.29) is 12.6 Å². The van der Waals surface area contributed by atoms with Crippen LogP contribution in [-0.2, 0) is 9.53 Å². The summed E-state index contributed by atoms with van der Waals surface area (Å²) < 4.78 is 11.2. The maximum Gasteiger partial charge on any atom is 0.344 e. The number of carbonyl (C=O) groups is 1. The summed E-state index contributed by atoms with van der Waals surface area (Å²) >= 11 is 3.48. The molecule has 0 aliphatic rings. The number of pyridine rings is 1. The Morgan fingerprint density at radius 3 is 2.95 bits per heavy atom. The summed E-state index contributed by atoms with van der Waals surface area (Å²) in [5.74, 6) is 0.252. The molecule has 0 spiro atoms. The van der Waals surface area contributed by atoms with Crippen LogP contribution in [0.15, 0.2) is 28.9 Å². The fourth-order valence-corrected chi connectivity index (χ4v) is 2.47. The molecule has 0 bridgehead atoms. The van der Waals surface area contributed by atoms with E-state index in [1.54, 1.807) is 19.2 Å². The molecule has 2 aromatic rings. The van der Waals surface area contributed by atoms with Crippen molar-refractivity contribution in [2.75, 3.05) is 13.2 Å². The van der Waals surface area contributed by atoms with E-state index < -0.39 is 0 Å². The van der Waals surface area contributed by atoms with Crippen molar-refractivity contribution >= 4 is 32.8 Å². The number of carbonyl (C=O) groups excluding carboxylic acids is 1. The van der Waals surface area contributed by atoms with Crippen molar-refractivity contribution in [1.82, 2.24) is 4.98 Å². The number of rotatable bonds is 4. The first-order valence-electron chi connectivity index (χ1n) is 5.95. The van der Waals surface area contributed by atoms with Crippen LogP contribution >= 0.6 is 15.9 Å². The van der Waals surface area contributed by atoms with Gasteiger partial charge in [0, 0.05) is 16.1 Å². The van der Waals surface area contributed by atoms with E-state index >= 15 is 0 Å². The average molecular weight is 324 g/mol. The van der Waals surface area contributed by atoms with Crippen molar-refractivity contribution in [3.05, 3.63) is 34.4 Å². The molecule has 0 atom stereocenters. The molecule has 0 fully saturated rings. The number of hydrogen-bond acceptors (Lipinski definition) is 4. The van der Waals surface area contributed by atoms with Crippen molar-refractivity contribution in [2.45, 2.75) is 13.8 Å². The van der Waals surface area contributed by atoms with Crippen molar-refractivity contribution in [1.29, 1.82) is 0 Å². The quantitative estimate of drug-likeness (QED) is 0.810. The second kappa shape index (κ2) is 6.02. The summed E-state index contributed by atoms with van der Waals surface area (Å²) in [6, 6.07) is 5.71. The zero-order valence-electron chi connectivity index (χ0n) is 10.8. The van der Waals surface area contributed by atoms with Crippen LogP contribution in [0.25, 0.3) is 10.9 Å². The first-order valence-corrected chi connectivity index (χ1v) is 6.74. The summed E-state index contributed by atoms with van der Waals surface area (Å²) in [6.45, 7) is 4.01. The molecule has 0 unspecified atom stereocenters. The van der Waals surface area contributed by atoms with Gasteiger partial charge in [0.05, 0.1) is 12.1 Å². The van der Waals surface area contributed by atoms with Gasteiger partial charge in [-0.05, 0) is 53.5 Å². The van der Waals surface area contributed by atoms with Gasteiger partial charge in [0.15, 0.2) is 6.61 Å². The molecule has 0 saturated heterocycles. The van der Waals surface area contributed by atoms with E-state index in [9.17, 15) is 4.79 Å². The molecule has 0 saturated carbocycles. The largest absolute Gasteiger partial charge is 0.481 e. The number of fused-ring (bicyclic) bond motifs is 1. The highest BCUT2D eigenvalue weighted by molar-refractivity contribution is 9.10. The van der Waals surface area contributed by atoms with Gasteiger partial charge in [-0.15, -0.1) is 0 Å². The van der Waals surface area contributed by atoms with Crippen LogP contribution in [0.3, 0.4) is 0 Å². The SMILES string of the molecule is CCOC(=O)COc1ccnc2c(Br)cc(C)cc12. The third-order valence-corrected chi connectivity index (χ3v) is 3.16. The first kappa shape index (κ1) is 13.8. The first-order chi connectivity index (χ1) is 9.11. The Kier molecular flexibility index (Phi) is 4.37. The minimum absolute atomic E-state index is 0.0987. The lowest BCUT2D eigenvalue weighted by molar-refractivity contribution is -0.145. The summed E-state index contributed by atoms with van der Waals surface area (Å²) in [5, 5.41) is 0.874. The van der Waals surface area contributed by atoms with Gasteiger partial charge in [0.25, 0.3) is 0 Å². The Morgan fingerprint density at radius 2 is 2.21 bits per heavy atom. The van der Waals surface area contributed by atoms with Crippen LogP contribution in [-0.4, -0.2) is 24.2 Å². The lowest BCUT2D eigenvalue weighted by Crippen LogP contribution is -2.14. The Bertz CT molecular complexity index is 613. The van der Waals surface area contributed by atoms with Gasteiger partial charge in [-0.1, -0.05) is 0 Å². The summed E-state index contributed by atoms with van der Waals surface area (Å²) in [6.07, 6.45) is 1.66. The zero-order chi connectivity index (χ0) is 13.8. The molecule has 1 aromatic carbocycles. The Hall–Kier alpha value is -1.62. The molecular formula is C14H14BrNO3. The highest BCUT2D eigenvalue weighted by Crippen LogP contribution is 2.30. The van der Waals surface area contributed by atoms with Gasteiger partial charge in [0.1, 0.15) is 5.75 Å². The third kappa shape index (κ3) is 3.23. The highest BCUT2D eigenvalue weighted by atomic mass is 79.9. The van der Waals surface area contributed by atoms with Gasteiger partial charge in [-0.3, -0.25) is 4.98 Å². The number of aryl methyl sites for hydroxylation is 1. The number of nitrogens with zero attached hydrogens (tertiary/aromatic N) is 1. The molecule has 0 N–H and O–H groups in total. The van der Waals surface area contributed by atoms with Crippen LogP contribution < -0.4 is 4.74 Å². The molecule has 2 rings (SSSR count). The monoisotopic (exact) mass is 323 g/mol. The number of esters is 1. The molecule has 5 heteroatoms. The zero-order valence-corrected chi connectivity index (χ0v) is 12.4. The topological polar surface area (TPSA) is 48.4 Å². The molecule has 1 aromatic heterocycles. The normalized spacial score (nSPS) is 10.5. The van der Waals surface area contributed by atoms with Gasteiger partial charge in [-0.25, -0.2) is 4.79 Å². The average Bonchev–Trinajstić information content (AvgIpc) is 2.36. The number of aromatic nitrogens is 1. The molecule has 0 aliphatic heterocycles. The van der Waals surface area contributed by atoms with Crippen molar-refractivity contribution in [3.8, 4) is 5.75 Å². The molecule has 0 amide bonds. The Morgan fingerprint density at radius 1 is 1.42 bits per heavy atom. The lowest BCUT2D eigenvalue weighted by atomic mass is 10.1. The van der Waals surface area contributed by atoms with Crippen LogP contribution in [0.2, 0.25) is 0 Å². The number of halogens is 1. The van der Waals surface area contributed by atoms with Crippen LogP contribution in [0, 0.1) is 6.92 Å². The minimum atomic E-state index is -0.376. The van der Waals surface area contributed by atoms with E-state index in [0.717, 1.165) is 20.9 Å².